The highest BCUT2D eigenvalue weighted by Gasteiger charge is 2.16. The second kappa shape index (κ2) is 8.75. The van der Waals surface area contributed by atoms with Crippen molar-refractivity contribution in [1.82, 2.24) is 20.2 Å². The number of nitrogens with zero attached hydrogens (tertiary/aromatic N) is 3. The lowest BCUT2D eigenvalue weighted by molar-refractivity contribution is 0.240. The highest BCUT2D eigenvalue weighted by molar-refractivity contribution is 7.14. The van der Waals surface area contributed by atoms with E-state index < -0.39 is 0 Å². The van der Waals surface area contributed by atoms with E-state index >= 15 is 0 Å². The van der Waals surface area contributed by atoms with Crippen LogP contribution in [0.4, 0.5) is 9.93 Å². The van der Waals surface area contributed by atoms with Gasteiger partial charge >= 0.3 is 6.03 Å². The van der Waals surface area contributed by atoms with Gasteiger partial charge in [-0.2, -0.15) is 0 Å². The van der Waals surface area contributed by atoms with Crippen molar-refractivity contribution in [3.8, 4) is 11.3 Å². The molecule has 0 aliphatic heterocycles. The summed E-state index contributed by atoms with van der Waals surface area (Å²) in [6.45, 7) is 5.12. The highest BCUT2D eigenvalue weighted by atomic mass is 32.1. The van der Waals surface area contributed by atoms with Crippen LogP contribution >= 0.6 is 11.3 Å². The van der Waals surface area contributed by atoms with Crippen molar-refractivity contribution >= 4 is 22.5 Å². The number of pyridine rings is 1. The predicted molar refractivity (Wildman–Crippen MR) is 99.3 cm³/mol. The van der Waals surface area contributed by atoms with Crippen LogP contribution in [0.3, 0.4) is 0 Å². The van der Waals surface area contributed by atoms with Gasteiger partial charge in [0.05, 0.1) is 5.69 Å². The molecule has 2 aromatic heterocycles. The Morgan fingerprint density at radius 2 is 2.17 bits per heavy atom. The summed E-state index contributed by atoms with van der Waals surface area (Å²) >= 11 is 1.41. The van der Waals surface area contributed by atoms with E-state index in [1.807, 2.05) is 31.6 Å². The number of aromatic nitrogens is 2. The van der Waals surface area contributed by atoms with Crippen molar-refractivity contribution in [2.24, 2.45) is 5.92 Å². The molecule has 1 atom stereocenters. The van der Waals surface area contributed by atoms with E-state index in [9.17, 15) is 4.79 Å². The Morgan fingerprint density at radius 1 is 1.38 bits per heavy atom. The Bertz CT molecular complexity index is 631. The molecular weight excluding hydrogens is 322 g/mol. The van der Waals surface area contributed by atoms with Crippen molar-refractivity contribution < 1.29 is 4.79 Å². The van der Waals surface area contributed by atoms with Gasteiger partial charge in [0.2, 0.25) is 0 Å². The van der Waals surface area contributed by atoms with E-state index in [1.54, 1.807) is 12.4 Å². The molecule has 0 saturated heterocycles. The molecular formula is C17H25N5OS. The highest BCUT2D eigenvalue weighted by Crippen LogP contribution is 2.23. The minimum atomic E-state index is -0.213. The number of amides is 2. The lowest BCUT2D eigenvalue weighted by atomic mass is 10.0. The van der Waals surface area contributed by atoms with Gasteiger partial charge < -0.3 is 10.2 Å². The minimum Gasteiger partial charge on any atom is -0.334 e. The molecule has 2 N–H and O–H groups in total. The quantitative estimate of drug-likeness (QED) is 0.806. The van der Waals surface area contributed by atoms with Gasteiger partial charge in [0.15, 0.2) is 5.13 Å². The van der Waals surface area contributed by atoms with Gasteiger partial charge in [-0.05, 0) is 38.6 Å². The fraction of sp³-hybridized carbons (Fsp3) is 0.471. The van der Waals surface area contributed by atoms with Crippen LogP contribution in [0.2, 0.25) is 0 Å². The number of urea groups is 1. The Balaban J connectivity index is 1.95. The van der Waals surface area contributed by atoms with Crippen LogP contribution in [-0.2, 0) is 0 Å². The normalized spacial score (nSPS) is 12.4. The van der Waals surface area contributed by atoms with Crippen molar-refractivity contribution in [3.63, 3.8) is 0 Å². The molecule has 0 spiro atoms. The summed E-state index contributed by atoms with van der Waals surface area (Å²) in [5, 5.41) is 8.36. The van der Waals surface area contributed by atoms with E-state index in [-0.39, 0.29) is 12.1 Å². The molecule has 0 fully saturated rings. The van der Waals surface area contributed by atoms with Crippen LogP contribution < -0.4 is 10.6 Å². The SMILES string of the molecule is CC(C)CC(CN(C)C)NC(=O)Nc1nc(-c2cccnc2)cs1. The lowest BCUT2D eigenvalue weighted by Gasteiger charge is -2.23. The second-order valence-corrected chi connectivity index (χ2v) is 7.32. The largest absolute Gasteiger partial charge is 0.334 e. The maximum Gasteiger partial charge on any atom is 0.321 e. The molecule has 1 unspecified atom stereocenters. The maximum atomic E-state index is 12.2. The number of rotatable bonds is 7. The summed E-state index contributed by atoms with van der Waals surface area (Å²) in [4.78, 5) is 22.9. The Labute approximate surface area is 147 Å². The van der Waals surface area contributed by atoms with Crippen LogP contribution in [0.25, 0.3) is 11.3 Å². The Morgan fingerprint density at radius 3 is 2.79 bits per heavy atom. The molecule has 0 aromatic carbocycles. The summed E-state index contributed by atoms with van der Waals surface area (Å²) < 4.78 is 0. The van der Waals surface area contributed by atoms with Crippen molar-refractivity contribution in [3.05, 3.63) is 29.9 Å². The summed E-state index contributed by atoms with van der Waals surface area (Å²) in [6.07, 6.45) is 4.42. The van der Waals surface area contributed by atoms with E-state index in [0.717, 1.165) is 24.2 Å². The smallest absolute Gasteiger partial charge is 0.321 e. The van der Waals surface area contributed by atoms with Crippen LogP contribution in [-0.4, -0.2) is 47.6 Å². The van der Waals surface area contributed by atoms with Gasteiger partial charge in [0.25, 0.3) is 0 Å². The number of hydrogen-bond acceptors (Lipinski definition) is 5. The molecule has 0 aliphatic rings. The molecule has 2 rings (SSSR count). The van der Waals surface area contributed by atoms with Crippen LogP contribution in [0.5, 0.6) is 0 Å². The molecule has 0 bridgehead atoms. The molecule has 0 saturated carbocycles. The third-order valence-corrected chi connectivity index (χ3v) is 4.12. The molecule has 2 amide bonds. The third-order valence-electron chi connectivity index (χ3n) is 3.36. The van der Waals surface area contributed by atoms with Gasteiger partial charge in [0, 0.05) is 35.9 Å². The number of anilines is 1. The molecule has 2 heterocycles. The topological polar surface area (TPSA) is 70.2 Å². The van der Waals surface area contributed by atoms with Crippen molar-refractivity contribution in [2.75, 3.05) is 26.0 Å². The number of carbonyl (C=O) groups excluding carboxylic acids is 1. The Hall–Kier alpha value is -1.99. The first kappa shape index (κ1) is 18.4. The first-order valence-electron chi connectivity index (χ1n) is 8.02. The number of hydrogen-bond donors (Lipinski definition) is 2. The van der Waals surface area contributed by atoms with Crippen molar-refractivity contribution in [2.45, 2.75) is 26.3 Å². The standard InChI is InChI=1S/C17H25N5OS/c1-12(2)8-14(10-22(3)4)19-16(23)21-17-20-15(11-24-17)13-6-5-7-18-9-13/h5-7,9,11-12,14H,8,10H2,1-4H3,(H2,19,20,21,23). The monoisotopic (exact) mass is 347 g/mol. The molecule has 7 heteroatoms. The summed E-state index contributed by atoms with van der Waals surface area (Å²) in [5.41, 5.74) is 1.75. The number of nitrogens with one attached hydrogen (secondary N) is 2. The molecule has 6 nitrogen and oxygen atoms in total. The lowest BCUT2D eigenvalue weighted by Crippen LogP contribution is -2.44. The number of thiazole rings is 1. The van der Waals surface area contributed by atoms with E-state index in [1.165, 1.54) is 11.3 Å². The van der Waals surface area contributed by atoms with Crippen LogP contribution in [0.1, 0.15) is 20.3 Å². The average molecular weight is 347 g/mol. The van der Waals surface area contributed by atoms with Gasteiger partial charge in [0.1, 0.15) is 0 Å². The summed E-state index contributed by atoms with van der Waals surface area (Å²) in [7, 11) is 4.02. The maximum absolute atomic E-state index is 12.2. The van der Waals surface area contributed by atoms with E-state index in [2.05, 4.69) is 39.3 Å². The zero-order valence-corrected chi connectivity index (χ0v) is 15.4. The van der Waals surface area contributed by atoms with Gasteiger partial charge in [-0.15, -0.1) is 11.3 Å². The van der Waals surface area contributed by atoms with E-state index in [4.69, 9.17) is 0 Å². The minimum absolute atomic E-state index is 0.109. The summed E-state index contributed by atoms with van der Waals surface area (Å²) in [6, 6.07) is 3.71. The first-order chi connectivity index (χ1) is 11.4. The van der Waals surface area contributed by atoms with Gasteiger partial charge in [-0.1, -0.05) is 13.8 Å². The first-order valence-corrected chi connectivity index (χ1v) is 8.90. The van der Waals surface area contributed by atoms with Crippen LogP contribution in [0.15, 0.2) is 29.9 Å². The fourth-order valence-electron chi connectivity index (χ4n) is 2.49. The van der Waals surface area contributed by atoms with E-state index in [0.29, 0.717) is 11.0 Å². The molecule has 0 aliphatic carbocycles. The molecule has 0 radical (unpaired) electrons. The second-order valence-electron chi connectivity index (χ2n) is 6.47. The molecule has 24 heavy (non-hydrogen) atoms. The van der Waals surface area contributed by atoms with Gasteiger partial charge in [-0.3, -0.25) is 10.3 Å². The average Bonchev–Trinajstić information content (AvgIpc) is 2.95. The van der Waals surface area contributed by atoms with Gasteiger partial charge in [-0.25, -0.2) is 9.78 Å². The molecule has 2 aromatic rings. The fourth-order valence-corrected chi connectivity index (χ4v) is 3.20. The Kier molecular flexibility index (Phi) is 6.69. The van der Waals surface area contributed by atoms with Crippen LogP contribution in [0, 0.1) is 5.92 Å². The number of likely N-dealkylation sites (N-methyl/N-ethyl adjacent to an activating group) is 1. The number of carbonyl (C=O) groups is 1. The third kappa shape index (κ3) is 5.90. The zero-order valence-electron chi connectivity index (χ0n) is 14.6. The predicted octanol–water partition coefficient (Wildman–Crippen LogP) is 3.30. The summed E-state index contributed by atoms with van der Waals surface area (Å²) in [5.74, 6) is 0.521. The van der Waals surface area contributed by atoms with Crippen molar-refractivity contribution in [1.29, 1.82) is 0 Å². The molecule has 130 valence electrons. The zero-order chi connectivity index (χ0) is 17.5.